The minimum Gasteiger partial charge on any atom is -0.369 e. The van der Waals surface area contributed by atoms with E-state index in [1.54, 1.807) is 12.1 Å². The lowest BCUT2D eigenvalue weighted by Gasteiger charge is -2.21. The van der Waals surface area contributed by atoms with E-state index in [1.807, 2.05) is 6.92 Å². The van der Waals surface area contributed by atoms with Gasteiger partial charge in [0.25, 0.3) is 0 Å². The molecule has 1 aromatic heterocycles. The summed E-state index contributed by atoms with van der Waals surface area (Å²) in [4.78, 5) is 4.33. The fraction of sp³-hybridized carbons (Fsp3) is 0.571. The Bertz CT molecular complexity index is 651. The van der Waals surface area contributed by atoms with Crippen LogP contribution in [0.3, 0.4) is 0 Å². The highest BCUT2D eigenvalue weighted by Gasteiger charge is 2.29. The van der Waals surface area contributed by atoms with Gasteiger partial charge in [0.05, 0.1) is 11.8 Å². The number of nitriles is 1. The van der Waals surface area contributed by atoms with Crippen LogP contribution in [-0.2, 0) is 10.0 Å². The van der Waals surface area contributed by atoms with Crippen molar-refractivity contribution in [3.8, 4) is 6.07 Å². The summed E-state index contributed by atoms with van der Waals surface area (Å²) in [5, 5.41) is 12.3. The van der Waals surface area contributed by atoms with E-state index in [-0.39, 0.29) is 12.0 Å². The lowest BCUT2D eigenvalue weighted by atomic mass is 10.0. The van der Waals surface area contributed by atoms with E-state index in [2.05, 4.69) is 21.1 Å². The van der Waals surface area contributed by atoms with Crippen LogP contribution in [0.5, 0.6) is 0 Å². The summed E-state index contributed by atoms with van der Waals surface area (Å²) < 4.78 is 25.4. The number of aromatic nitrogens is 1. The average Bonchev–Trinajstić information content (AvgIpc) is 2.81. The molecule has 6 nitrogen and oxygen atoms in total. The number of aryl methyl sites for hydroxylation is 1. The van der Waals surface area contributed by atoms with Gasteiger partial charge in [-0.05, 0) is 37.8 Å². The number of rotatable bonds is 5. The Labute approximate surface area is 125 Å². The second kappa shape index (κ2) is 6.41. The van der Waals surface area contributed by atoms with E-state index in [0.717, 1.165) is 25.0 Å². The first-order valence-corrected chi connectivity index (χ1v) is 8.87. The van der Waals surface area contributed by atoms with Gasteiger partial charge in [-0.1, -0.05) is 6.42 Å². The van der Waals surface area contributed by atoms with Crippen LogP contribution in [0.2, 0.25) is 0 Å². The van der Waals surface area contributed by atoms with Gasteiger partial charge in [0, 0.05) is 18.3 Å². The molecule has 2 atom stereocenters. The maximum absolute atomic E-state index is 11.4. The van der Waals surface area contributed by atoms with E-state index < -0.39 is 10.0 Å². The fourth-order valence-corrected chi connectivity index (χ4v) is 3.58. The van der Waals surface area contributed by atoms with Crippen molar-refractivity contribution in [2.45, 2.75) is 32.2 Å². The molecule has 1 aliphatic rings. The van der Waals surface area contributed by atoms with E-state index >= 15 is 0 Å². The van der Waals surface area contributed by atoms with Crippen LogP contribution in [-0.4, -0.2) is 32.2 Å². The van der Waals surface area contributed by atoms with Gasteiger partial charge in [-0.2, -0.15) is 5.26 Å². The second-order valence-corrected chi connectivity index (χ2v) is 7.31. The Morgan fingerprint density at radius 1 is 1.43 bits per heavy atom. The van der Waals surface area contributed by atoms with E-state index in [4.69, 9.17) is 5.26 Å². The highest BCUT2D eigenvalue weighted by Crippen LogP contribution is 2.26. The SMILES string of the molecule is Cc1ccc(C#N)c(NCC2CCCC2NS(C)(=O)=O)n1. The van der Waals surface area contributed by atoms with Gasteiger partial charge >= 0.3 is 0 Å². The first-order chi connectivity index (χ1) is 9.89. The summed E-state index contributed by atoms with van der Waals surface area (Å²) in [7, 11) is -3.19. The van der Waals surface area contributed by atoms with Gasteiger partial charge in [-0.3, -0.25) is 0 Å². The van der Waals surface area contributed by atoms with Crippen molar-refractivity contribution in [2.24, 2.45) is 5.92 Å². The largest absolute Gasteiger partial charge is 0.369 e. The molecule has 2 unspecified atom stereocenters. The van der Waals surface area contributed by atoms with Gasteiger partial charge in [-0.15, -0.1) is 0 Å². The van der Waals surface area contributed by atoms with Crippen molar-refractivity contribution >= 4 is 15.8 Å². The van der Waals surface area contributed by atoms with Crippen molar-refractivity contribution in [1.82, 2.24) is 9.71 Å². The Kier molecular flexibility index (Phi) is 4.80. The number of nitrogens with one attached hydrogen (secondary N) is 2. The zero-order valence-electron chi connectivity index (χ0n) is 12.3. The molecule has 0 bridgehead atoms. The Hall–Kier alpha value is -1.65. The highest BCUT2D eigenvalue weighted by molar-refractivity contribution is 7.88. The highest BCUT2D eigenvalue weighted by atomic mass is 32.2. The van der Waals surface area contributed by atoms with Gasteiger partial charge in [0.2, 0.25) is 10.0 Å². The van der Waals surface area contributed by atoms with Crippen molar-refractivity contribution in [2.75, 3.05) is 18.1 Å². The molecule has 1 aliphatic carbocycles. The molecule has 2 N–H and O–H groups in total. The molecule has 114 valence electrons. The summed E-state index contributed by atoms with van der Waals surface area (Å²) in [6, 6.07) is 5.61. The third-order valence-electron chi connectivity index (χ3n) is 3.71. The molecule has 1 aromatic rings. The molecule has 21 heavy (non-hydrogen) atoms. The van der Waals surface area contributed by atoms with E-state index in [9.17, 15) is 8.42 Å². The van der Waals surface area contributed by atoms with Gasteiger partial charge in [0.15, 0.2) is 0 Å². The molecule has 0 amide bonds. The smallest absolute Gasteiger partial charge is 0.208 e. The van der Waals surface area contributed by atoms with Crippen LogP contribution >= 0.6 is 0 Å². The minimum atomic E-state index is -3.19. The zero-order chi connectivity index (χ0) is 15.5. The minimum absolute atomic E-state index is 0.0390. The van der Waals surface area contributed by atoms with E-state index in [1.165, 1.54) is 6.26 Å². The molecule has 1 saturated carbocycles. The van der Waals surface area contributed by atoms with Crippen molar-refractivity contribution in [3.05, 3.63) is 23.4 Å². The maximum Gasteiger partial charge on any atom is 0.208 e. The summed E-state index contributed by atoms with van der Waals surface area (Å²) in [5.41, 5.74) is 1.35. The van der Waals surface area contributed by atoms with Gasteiger partial charge < -0.3 is 5.32 Å². The summed E-state index contributed by atoms with van der Waals surface area (Å²) in [5.74, 6) is 0.788. The molecule has 0 saturated heterocycles. The monoisotopic (exact) mass is 308 g/mol. The van der Waals surface area contributed by atoms with Crippen molar-refractivity contribution in [1.29, 1.82) is 5.26 Å². The number of hydrogen-bond acceptors (Lipinski definition) is 5. The number of hydrogen-bond donors (Lipinski definition) is 2. The predicted molar refractivity (Wildman–Crippen MR) is 81.3 cm³/mol. The molecule has 7 heteroatoms. The Morgan fingerprint density at radius 2 is 2.19 bits per heavy atom. The van der Waals surface area contributed by atoms with Crippen molar-refractivity contribution in [3.63, 3.8) is 0 Å². The lowest BCUT2D eigenvalue weighted by Crippen LogP contribution is -2.39. The molecule has 0 spiro atoms. The molecule has 2 rings (SSSR count). The Morgan fingerprint density at radius 3 is 2.86 bits per heavy atom. The zero-order valence-corrected chi connectivity index (χ0v) is 13.1. The molecule has 0 aliphatic heterocycles. The summed E-state index contributed by atoms with van der Waals surface area (Å²) in [6.07, 6.45) is 4.01. The van der Waals surface area contributed by atoms with Crippen LogP contribution in [0.1, 0.15) is 30.5 Å². The Balaban J connectivity index is 2.02. The molecule has 0 aromatic carbocycles. The molecule has 0 radical (unpaired) electrons. The van der Waals surface area contributed by atoms with Crippen LogP contribution in [0, 0.1) is 24.2 Å². The molecule has 1 fully saturated rings. The van der Waals surface area contributed by atoms with E-state index in [0.29, 0.717) is 17.9 Å². The topological polar surface area (TPSA) is 94.9 Å². The molecule has 1 heterocycles. The normalized spacial score (nSPS) is 22.0. The molecular weight excluding hydrogens is 288 g/mol. The third-order valence-corrected chi connectivity index (χ3v) is 4.44. The quantitative estimate of drug-likeness (QED) is 0.857. The van der Waals surface area contributed by atoms with Crippen LogP contribution in [0.4, 0.5) is 5.82 Å². The van der Waals surface area contributed by atoms with Crippen LogP contribution in [0.15, 0.2) is 12.1 Å². The van der Waals surface area contributed by atoms with Crippen LogP contribution in [0.25, 0.3) is 0 Å². The third kappa shape index (κ3) is 4.41. The van der Waals surface area contributed by atoms with Gasteiger partial charge in [-0.25, -0.2) is 18.1 Å². The van der Waals surface area contributed by atoms with Crippen LogP contribution < -0.4 is 10.0 Å². The average molecular weight is 308 g/mol. The second-order valence-electron chi connectivity index (χ2n) is 5.53. The summed E-state index contributed by atoms with van der Waals surface area (Å²) in [6.45, 7) is 2.48. The standard InChI is InChI=1S/C14H20N4O2S/c1-10-6-7-11(8-15)14(17-10)16-9-12-4-3-5-13(12)18-21(2,19)20/h6-7,12-13,18H,3-5,9H2,1-2H3,(H,16,17). The first-order valence-electron chi connectivity index (χ1n) is 6.98. The summed E-state index contributed by atoms with van der Waals surface area (Å²) >= 11 is 0. The first kappa shape index (κ1) is 15.7. The van der Waals surface area contributed by atoms with Crippen molar-refractivity contribution < 1.29 is 8.42 Å². The fourth-order valence-electron chi connectivity index (χ4n) is 2.72. The number of sulfonamides is 1. The number of nitrogens with zero attached hydrogens (tertiary/aromatic N) is 2. The maximum atomic E-state index is 11.4. The number of pyridine rings is 1. The van der Waals surface area contributed by atoms with Gasteiger partial charge in [0.1, 0.15) is 11.9 Å². The lowest BCUT2D eigenvalue weighted by molar-refractivity contribution is 0.463. The predicted octanol–water partition coefficient (Wildman–Crippen LogP) is 1.39. The molecular formula is C14H20N4O2S. The number of anilines is 1.